The summed E-state index contributed by atoms with van der Waals surface area (Å²) in [5.41, 5.74) is 6.07. The van der Waals surface area contributed by atoms with E-state index in [9.17, 15) is 24.0 Å². The smallest absolute Gasteiger partial charge is 0.408 e. The Hall–Kier alpha value is -4.41. The third-order valence-corrected chi connectivity index (χ3v) is 7.56. The number of rotatable bonds is 13. The molecular weight excluding hydrogens is 600 g/mol. The average molecular weight is 651 g/mol. The quantitative estimate of drug-likeness (QED) is 0.270. The van der Waals surface area contributed by atoms with Crippen LogP contribution in [0.2, 0.25) is 0 Å². The molecule has 0 radical (unpaired) electrons. The molecule has 1 aliphatic carbocycles. The molecule has 0 saturated heterocycles. The molecule has 47 heavy (non-hydrogen) atoms. The van der Waals surface area contributed by atoms with E-state index in [0.717, 1.165) is 11.1 Å². The van der Waals surface area contributed by atoms with E-state index in [1.165, 1.54) is 4.90 Å². The Kier molecular flexibility index (Phi) is 12.2. The monoisotopic (exact) mass is 650 g/mol. The van der Waals surface area contributed by atoms with Crippen molar-refractivity contribution in [3.63, 3.8) is 0 Å². The average Bonchev–Trinajstić information content (AvgIpc) is 3.67. The minimum absolute atomic E-state index is 0.0592. The standard InChI is InChI=1S/C36H50N4O7/c1-22-14-16-25(17-15-22)30(31(42)38-27(33(44)46-35(3,4)5)21-24-12-10-9-11-13-24)40(28-20-23(28)2)32(43)26(18-19-29(37)41)39-34(45)47-36(6,7)8/h9-17,23,26-28,30H,18-21H2,1-8H3,(H2,37,41)(H,38,42)(H,39,45). The SMILES string of the molecule is Cc1ccc(C(C(=O)NC(Cc2ccccc2)C(=O)OC(C)(C)C)N(C(=O)C(CCC(N)=O)NC(=O)OC(C)(C)C)C2CC2C)cc1. The summed E-state index contributed by atoms with van der Waals surface area (Å²) in [4.78, 5) is 68.6. The number of carbonyl (C=O) groups is 5. The van der Waals surface area contributed by atoms with Gasteiger partial charge in [-0.15, -0.1) is 0 Å². The third-order valence-electron chi connectivity index (χ3n) is 7.56. The Morgan fingerprint density at radius 3 is 1.96 bits per heavy atom. The number of nitrogens with one attached hydrogen (secondary N) is 2. The zero-order chi connectivity index (χ0) is 35.1. The van der Waals surface area contributed by atoms with Gasteiger partial charge in [-0.2, -0.15) is 0 Å². The lowest BCUT2D eigenvalue weighted by molar-refractivity contribution is -0.159. The summed E-state index contributed by atoms with van der Waals surface area (Å²) in [6.07, 6.45) is -0.331. The number of hydrogen-bond donors (Lipinski definition) is 3. The van der Waals surface area contributed by atoms with Crippen LogP contribution >= 0.6 is 0 Å². The van der Waals surface area contributed by atoms with Crippen LogP contribution in [-0.2, 0) is 35.1 Å². The molecule has 0 bridgehead atoms. The van der Waals surface area contributed by atoms with Crippen molar-refractivity contribution >= 4 is 29.8 Å². The van der Waals surface area contributed by atoms with E-state index < -0.39 is 59.1 Å². The van der Waals surface area contributed by atoms with E-state index >= 15 is 0 Å². The molecule has 2 aromatic rings. The summed E-state index contributed by atoms with van der Waals surface area (Å²) in [6, 6.07) is 12.7. The number of alkyl carbamates (subject to hydrolysis) is 1. The molecule has 5 unspecified atom stereocenters. The highest BCUT2D eigenvalue weighted by molar-refractivity contribution is 5.94. The number of primary amides is 1. The van der Waals surface area contributed by atoms with E-state index in [0.29, 0.717) is 12.0 Å². The first kappa shape index (κ1) is 37.1. The van der Waals surface area contributed by atoms with Gasteiger partial charge >= 0.3 is 12.1 Å². The second-order valence-electron chi connectivity index (χ2n) is 14.3. The molecule has 1 fully saturated rings. The van der Waals surface area contributed by atoms with Gasteiger partial charge in [0.2, 0.25) is 17.7 Å². The fourth-order valence-electron chi connectivity index (χ4n) is 5.20. The maximum absolute atomic E-state index is 14.5. The first-order chi connectivity index (χ1) is 21.8. The van der Waals surface area contributed by atoms with Gasteiger partial charge in [0, 0.05) is 18.9 Å². The van der Waals surface area contributed by atoms with E-state index in [1.807, 2.05) is 56.3 Å². The molecular formula is C36H50N4O7. The molecule has 11 heteroatoms. The van der Waals surface area contributed by atoms with E-state index in [1.54, 1.807) is 53.7 Å². The fourth-order valence-corrected chi connectivity index (χ4v) is 5.20. The van der Waals surface area contributed by atoms with Crippen molar-refractivity contribution < 1.29 is 33.4 Å². The van der Waals surface area contributed by atoms with Crippen molar-refractivity contribution in [3.05, 3.63) is 71.3 Å². The second-order valence-corrected chi connectivity index (χ2v) is 14.3. The minimum atomic E-state index is -1.21. The third kappa shape index (κ3) is 11.7. The Bertz CT molecular complexity index is 1410. The molecule has 0 aliphatic heterocycles. The van der Waals surface area contributed by atoms with E-state index in [-0.39, 0.29) is 31.2 Å². The predicted molar refractivity (Wildman–Crippen MR) is 178 cm³/mol. The molecule has 4 amide bonds. The largest absolute Gasteiger partial charge is 0.458 e. The molecule has 3 rings (SSSR count). The highest BCUT2D eigenvalue weighted by Crippen LogP contribution is 2.41. The summed E-state index contributed by atoms with van der Waals surface area (Å²) in [5.74, 6) is -2.35. The number of esters is 1. The van der Waals surface area contributed by atoms with E-state index in [2.05, 4.69) is 10.6 Å². The van der Waals surface area contributed by atoms with Crippen LogP contribution in [0.25, 0.3) is 0 Å². The molecule has 1 saturated carbocycles. The van der Waals surface area contributed by atoms with Crippen molar-refractivity contribution in [1.82, 2.24) is 15.5 Å². The van der Waals surface area contributed by atoms with E-state index in [4.69, 9.17) is 15.2 Å². The van der Waals surface area contributed by atoms with Gasteiger partial charge in [0.1, 0.15) is 29.3 Å². The van der Waals surface area contributed by atoms with Gasteiger partial charge in [-0.25, -0.2) is 9.59 Å². The predicted octanol–water partition coefficient (Wildman–Crippen LogP) is 4.50. The van der Waals surface area contributed by atoms with Crippen molar-refractivity contribution in [3.8, 4) is 0 Å². The summed E-state index contributed by atoms with van der Waals surface area (Å²) >= 11 is 0. The van der Waals surface area contributed by atoms with Gasteiger partial charge in [-0.05, 0) is 78.4 Å². The van der Waals surface area contributed by atoms with Gasteiger partial charge in [0.25, 0.3) is 0 Å². The van der Waals surface area contributed by atoms with Gasteiger partial charge in [0.05, 0.1) is 0 Å². The number of carbonyl (C=O) groups excluding carboxylic acids is 5. The fraction of sp³-hybridized carbons (Fsp3) is 0.528. The lowest BCUT2D eigenvalue weighted by atomic mass is 9.99. The molecule has 0 heterocycles. The number of ether oxygens (including phenoxy) is 2. The van der Waals surface area contributed by atoms with Crippen molar-refractivity contribution in [2.45, 2.75) is 116 Å². The zero-order valence-electron chi connectivity index (χ0n) is 28.8. The number of hydrogen-bond acceptors (Lipinski definition) is 7. The minimum Gasteiger partial charge on any atom is -0.458 e. The normalized spacial score (nSPS) is 17.8. The summed E-state index contributed by atoms with van der Waals surface area (Å²) < 4.78 is 11.1. The zero-order valence-corrected chi connectivity index (χ0v) is 28.8. The maximum atomic E-state index is 14.5. The summed E-state index contributed by atoms with van der Waals surface area (Å²) in [5, 5.41) is 5.51. The van der Waals surface area contributed by atoms with Crippen LogP contribution in [0.3, 0.4) is 0 Å². The Balaban J connectivity index is 2.06. The van der Waals surface area contributed by atoms with Crippen LogP contribution in [0, 0.1) is 12.8 Å². The molecule has 2 aromatic carbocycles. The second kappa shape index (κ2) is 15.5. The Labute approximate surface area is 277 Å². The van der Waals surface area contributed by atoms with Crippen LogP contribution in [0.15, 0.2) is 54.6 Å². The van der Waals surface area contributed by atoms with Crippen LogP contribution in [0.4, 0.5) is 4.79 Å². The van der Waals surface area contributed by atoms with Gasteiger partial charge in [-0.1, -0.05) is 67.1 Å². The molecule has 4 N–H and O–H groups in total. The van der Waals surface area contributed by atoms with Gasteiger partial charge < -0.3 is 30.7 Å². The topological polar surface area (TPSA) is 157 Å². The lowest BCUT2D eigenvalue weighted by Gasteiger charge is -2.36. The maximum Gasteiger partial charge on any atom is 0.408 e. The number of nitrogens with zero attached hydrogens (tertiary/aromatic N) is 1. The Morgan fingerprint density at radius 1 is 0.872 bits per heavy atom. The Morgan fingerprint density at radius 2 is 1.45 bits per heavy atom. The van der Waals surface area contributed by atoms with Crippen LogP contribution < -0.4 is 16.4 Å². The van der Waals surface area contributed by atoms with Gasteiger partial charge in [0.15, 0.2) is 0 Å². The first-order valence-corrected chi connectivity index (χ1v) is 16.1. The van der Waals surface area contributed by atoms with Crippen molar-refractivity contribution in [2.75, 3.05) is 0 Å². The molecule has 256 valence electrons. The lowest BCUT2D eigenvalue weighted by Crippen LogP contribution is -2.56. The number of amides is 4. The number of benzene rings is 2. The van der Waals surface area contributed by atoms with Crippen LogP contribution in [0.5, 0.6) is 0 Å². The first-order valence-electron chi connectivity index (χ1n) is 16.1. The highest BCUT2D eigenvalue weighted by Gasteiger charge is 2.48. The van der Waals surface area contributed by atoms with Gasteiger partial charge in [-0.3, -0.25) is 14.4 Å². The molecule has 1 aliphatic rings. The molecule has 5 atom stereocenters. The molecule has 11 nitrogen and oxygen atoms in total. The number of nitrogens with two attached hydrogens (primary N) is 1. The molecule has 0 spiro atoms. The van der Waals surface area contributed by atoms with Crippen LogP contribution in [-0.4, -0.2) is 64.0 Å². The summed E-state index contributed by atoms with van der Waals surface area (Å²) in [6.45, 7) is 14.2. The number of aryl methyl sites for hydroxylation is 1. The summed E-state index contributed by atoms with van der Waals surface area (Å²) in [7, 11) is 0. The van der Waals surface area contributed by atoms with Crippen LogP contribution in [0.1, 0.15) is 90.5 Å². The highest BCUT2D eigenvalue weighted by atomic mass is 16.6. The molecule has 0 aromatic heterocycles. The van der Waals surface area contributed by atoms with Crippen molar-refractivity contribution in [1.29, 1.82) is 0 Å². The van der Waals surface area contributed by atoms with Crippen molar-refractivity contribution in [2.24, 2.45) is 11.7 Å².